The monoisotopic (exact) mass is 218 g/mol. The van der Waals surface area contributed by atoms with Crippen LogP contribution in [0.5, 0.6) is 0 Å². The van der Waals surface area contributed by atoms with Gasteiger partial charge in [0.2, 0.25) is 0 Å². The molecule has 0 saturated carbocycles. The Morgan fingerprint density at radius 3 is 2.50 bits per heavy atom. The van der Waals surface area contributed by atoms with Crippen molar-refractivity contribution in [2.75, 3.05) is 46.2 Å². The van der Waals surface area contributed by atoms with E-state index < -0.39 is 0 Å². The first-order chi connectivity index (χ1) is 6.72. The van der Waals surface area contributed by atoms with E-state index >= 15 is 0 Å². The number of likely N-dealkylation sites (tertiary alicyclic amines) is 1. The van der Waals surface area contributed by atoms with Crippen molar-refractivity contribution in [1.29, 1.82) is 0 Å². The molecule has 0 aliphatic carbocycles. The summed E-state index contributed by atoms with van der Waals surface area (Å²) in [6.07, 6.45) is 4.11. The molecular formula is C11H23ClN2. The van der Waals surface area contributed by atoms with Crippen LogP contribution in [0, 0.1) is 5.92 Å². The van der Waals surface area contributed by atoms with Crippen LogP contribution < -0.4 is 0 Å². The van der Waals surface area contributed by atoms with Crippen molar-refractivity contribution in [1.82, 2.24) is 9.80 Å². The molecule has 0 aromatic carbocycles. The Morgan fingerprint density at radius 2 is 1.93 bits per heavy atom. The molecule has 0 aromatic heterocycles. The number of alkyl halides is 1. The average molecular weight is 219 g/mol. The second kappa shape index (κ2) is 6.65. The Kier molecular flexibility index (Phi) is 5.83. The molecule has 1 saturated heterocycles. The third kappa shape index (κ3) is 4.63. The quantitative estimate of drug-likeness (QED) is 0.651. The largest absolute Gasteiger partial charge is 0.306 e. The fourth-order valence-corrected chi connectivity index (χ4v) is 2.30. The number of hydrogen-bond donors (Lipinski definition) is 0. The number of piperidine rings is 1. The summed E-state index contributed by atoms with van der Waals surface area (Å²) in [5.74, 6) is 1.70. The summed E-state index contributed by atoms with van der Waals surface area (Å²) < 4.78 is 0. The summed E-state index contributed by atoms with van der Waals surface area (Å²) in [5.41, 5.74) is 0. The van der Waals surface area contributed by atoms with Crippen LogP contribution in [0.3, 0.4) is 0 Å². The van der Waals surface area contributed by atoms with Gasteiger partial charge in [0.25, 0.3) is 0 Å². The Hall–Kier alpha value is 0.210. The standard InChI is InChI=1S/C11H23ClN2/c1-13-7-3-11(4-8-13)5-9-14(2)10-6-12/h11H,3-10H2,1-2H3. The molecule has 0 N–H and O–H groups in total. The molecular weight excluding hydrogens is 196 g/mol. The van der Waals surface area contributed by atoms with Crippen LogP contribution in [0.4, 0.5) is 0 Å². The summed E-state index contributed by atoms with van der Waals surface area (Å²) in [5, 5.41) is 0. The lowest BCUT2D eigenvalue weighted by Crippen LogP contribution is -2.32. The van der Waals surface area contributed by atoms with Crippen LogP contribution in [0.2, 0.25) is 0 Å². The molecule has 84 valence electrons. The van der Waals surface area contributed by atoms with E-state index in [-0.39, 0.29) is 0 Å². The first kappa shape index (κ1) is 12.3. The Morgan fingerprint density at radius 1 is 1.29 bits per heavy atom. The molecule has 0 spiro atoms. The van der Waals surface area contributed by atoms with Gasteiger partial charge in [-0.3, -0.25) is 0 Å². The van der Waals surface area contributed by atoms with E-state index in [1.807, 2.05) is 0 Å². The van der Waals surface area contributed by atoms with Gasteiger partial charge in [-0.1, -0.05) is 0 Å². The van der Waals surface area contributed by atoms with E-state index in [0.29, 0.717) is 0 Å². The highest BCUT2D eigenvalue weighted by molar-refractivity contribution is 6.18. The predicted molar refractivity (Wildman–Crippen MR) is 63.1 cm³/mol. The van der Waals surface area contributed by atoms with Crippen LogP contribution in [0.25, 0.3) is 0 Å². The maximum Gasteiger partial charge on any atom is 0.0351 e. The molecule has 0 radical (unpaired) electrons. The van der Waals surface area contributed by atoms with Gasteiger partial charge in [0.15, 0.2) is 0 Å². The lowest BCUT2D eigenvalue weighted by molar-refractivity contribution is 0.197. The fraction of sp³-hybridized carbons (Fsp3) is 1.00. The lowest BCUT2D eigenvalue weighted by Gasteiger charge is -2.29. The normalized spacial score (nSPS) is 20.6. The molecule has 1 aliphatic rings. The van der Waals surface area contributed by atoms with Gasteiger partial charge in [0, 0.05) is 12.4 Å². The van der Waals surface area contributed by atoms with Gasteiger partial charge in [0.05, 0.1) is 0 Å². The zero-order valence-corrected chi connectivity index (χ0v) is 10.3. The third-order valence-corrected chi connectivity index (χ3v) is 3.39. The van der Waals surface area contributed by atoms with Gasteiger partial charge in [-0.05, 0) is 58.9 Å². The molecule has 2 nitrogen and oxygen atoms in total. The summed E-state index contributed by atoms with van der Waals surface area (Å²) in [6.45, 7) is 4.79. The first-order valence-electron chi connectivity index (χ1n) is 5.65. The van der Waals surface area contributed by atoms with Crippen molar-refractivity contribution in [3.05, 3.63) is 0 Å². The highest BCUT2D eigenvalue weighted by Crippen LogP contribution is 2.19. The van der Waals surface area contributed by atoms with E-state index in [9.17, 15) is 0 Å². The summed E-state index contributed by atoms with van der Waals surface area (Å²) in [7, 11) is 4.38. The molecule has 1 rings (SSSR count). The maximum atomic E-state index is 5.69. The molecule has 3 heteroatoms. The summed E-state index contributed by atoms with van der Waals surface area (Å²) in [4.78, 5) is 4.77. The van der Waals surface area contributed by atoms with Crippen molar-refractivity contribution in [3.63, 3.8) is 0 Å². The minimum absolute atomic E-state index is 0.754. The van der Waals surface area contributed by atoms with Gasteiger partial charge in [-0.25, -0.2) is 0 Å². The highest BCUT2D eigenvalue weighted by atomic mass is 35.5. The summed E-state index contributed by atoms with van der Waals surface area (Å²) >= 11 is 5.69. The Balaban J connectivity index is 2.06. The van der Waals surface area contributed by atoms with Gasteiger partial charge in [0.1, 0.15) is 0 Å². The number of halogens is 1. The predicted octanol–water partition coefficient (Wildman–Crippen LogP) is 1.89. The van der Waals surface area contributed by atoms with Crippen LogP contribution >= 0.6 is 11.6 Å². The highest BCUT2D eigenvalue weighted by Gasteiger charge is 2.16. The van der Waals surface area contributed by atoms with E-state index in [1.54, 1.807) is 0 Å². The SMILES string of the molecule is CN(CCCl)CCC1CCN(C)CC1. The first-order valence-corrected chi connectivity index (χ1v) is 6.19. The van der Waals surface area contributed by atoms with Crippen molar-refractivity contribution < 1.29 is 0 Å². The second-order valence-corrected chi connectivity index (χ2v) is 4.91. The van der Waals surface area contributed by atoms with Gasteiger partial charge >= 0.3 is 0 Å². The topological polar surface area (TPSA) is 6.48 Å². The van der Waals surface area contributed by atoms with Crippen LogP contribution in [-0.2, 0) is 0 Å². The van der Waals surface area contributed by atoms with E-state index in [0.717, 1.165) is 18.3 Å². The molecule has 1 heterocycles. The van der Waals surface area contributed by atoms with E-state index in [1.165, 1.54) is 38.9 Å². The number of nitrogens with zero attached hydrogens (tertiary/aromatic N) is 2. The van der Waals surface area contributed by atoms with Crippen molar-refractivity contribution >= 4 is 11.6 Å². The maximum absolute atomic E-state index is 5.69. The molecule has 14 heavy (non-hydrogen) atoms. The van der Waals surface area contributed by atoms with Gasteiger partial charge in [-0.15, -0.1) is 11.6 Å². The van der Waals surface area contributed by atoms with E-state index in [2.05, 4.69) is 23.9 Å². The molecule has 0 atom stereocenters. The molecule has 0 aromatic rings. The smallest absolute Gasteiger partial charge is 0.0351 e. The molecule has 1 aliphatic heterocycles. The zero-order chi connectivity index (χ0) is 10.4. The van der Waals surface area contributed by atoms with Crippen LogP contribution in [0.1, 0.15) is 19.3 Å². The summed E-state index contributed by atoms with van der Waals surface area (Å²) in [6, 6.07) is 0. The Bertz CT molecular complexity index is 144. The third-order valence-electron chi connectivity index (χ3n) is 3.22. The van der Waals surface area contributed by atoms with E-state index in [4.69, 9.17) is 11.6 Å². The van der Waals surface area contributed by atoms with Crippen molar-refractivity contribution in [2.45, 2.75) is 19.3 Å². The number of rotatable bonds is 5. The second-order valence-electron chi connectivity index (χ2n) is 4.53. The van der Waals surface area contributed by atoms with Crippen molar-refractivity contribution in [2.24, 2.45) is 5.92 Å². The zero-order valence-electron chi connectivity index (χ0n) is 9.51. The minimum atomic E-state index is 0.754. The van der Waals surface area contributed by atoms with Crippen LogP contribution in [0.15, 0.2) is 0 Å². The molecule has 1 fully saturated rings. The van der Waals surface area contributed by atoms with Crippen LogP contribution in [-0.4, -0.2) is 56.0 Å². The number of hydrogen-bond acceptors (Lipinski definition) is 2. The fourth-order valence-electron chi connectivity index (χ4n) is 2.01. The van der Waals surface area contributed by atoms with Gasteiger partial charge < -0.3 is 9.80 Å². The Labute approximate surface area is 93.2 Å². The molecule has 0 amide bonds. The molecule has 0 unspecified atom stereocenters. The van der Waals surface area contributed by atoms with Crippen molar-refractivity contribution in [3.8, 4) is 0 Å². The van der Waals surface area contributed by atoms with Gasteiger partial charge in [-0.2, -0.15) is 0 Å². The average Bonchev–Trinajstić information content (AvgIpc) is 2.17. The molecule has 0 bridgehead atoms. The minimum Gasteiger partial charge on any atom is -0.306 e. The lowest BCUT2D eigenvalue weighted by atomic mass is 9.94.